The summed E-state index contributed by atoms with van der Waals surface area (Å²) in [5, 5.41) is 3.28. The van der Waals surface area contributed by atoms with Crippen molar-refractivity contribution in [3.63, 3.8) is 0 Å². The molecule has 1 N–H and O–H groups in total. The van der Waals surface area contributed by atoms with Gasteiger partial charge in [0, 0.05) is 24.0 Å². The van der Waals surface area contributed by atoms with E-state index in [0.717, 1.165) is 12.8 Å². The molecule has 0 aromatic carbocycles. The van der Waals surface area contributed by atoms with Gasteiger partial charge in [-0.05, 0) is 12.8 Å². The number of carbonyl (C=O) groups is 1. The van der Waals surface area contributed by atoms with Crippen molar-refractivity contribution in [1.29, 1.82) is 0 Å². The molecule has 1 aliphatic heterocycles. The molecule has 1 saturated carbocycles. The van der Waals surface area contributed by atoms with Crippen molar-refractivity contribution in [2.24, 2.45) is 11.3 Å². The van der Waals surface area contributed by atoms with Crippen molar-refractivity contribution in [2.45, 2.75) is 51.5 Å². The molecule has 2 rings (SSSR count). The summed E-state index contributed by atoms with van der Waals surface area (Å²) in [4.78, 5) is 12.0. The standard InChI is InChI=1S/C13H23NO2/c1-10-11(15)14-13(7-5-4-6-8-13)12(10,2)9-16-3/h10H,4-9H2,1-3H3,(H,14,15). The van der Waals surface area contributed by atoms with Crippen molar-refractivity contribution in [3.05, 3.63) is 0 Å². The number of methoxy groups -OCH3 is 1. The Hall–Kier alpha value is -0.570. The molecule has 1 saturated heterocycles. The number of hydrogen-bond acceptors (Lipinski definition) is 2. The number of hydrogen-bond donors (Lipinski definition) is 1. The molecule has 92 valence electrons. The lowest BCUT2D eigenvalue weighted by atomic mass is 9.62. The molecule has 0 aromatic heterocycles. The fourth-order valence-electron chi connectivity index (χ4n) is 3.61. The molecule has 1 aliphatic carbocycles. The normalized spacial score (nSPS) is 37.7. The van der Waals surface area contributed by atoms with Crippen LogP contribution in [0.1, 0.15) is 46.0 Å². The molecule has 2 atom stereocenters. The Labute approximate surface area is 97.9 Å². The van der Waals surface area contributed by atoms with Crippen LogP contribution in [0.15, 0.2) is 0 Å². The molecule has 0 bridgehead atoms. The maximum absolute atomic E-state index is 12.0. The molecule has 1 spiro atoms. The first kappa shape index (κ1) is 11.9. The minimum atomic E-state index is -0.0424. The number of rotatable bonds is 2. The predicted octanol–water partition coefficient (Wildman–Crippen LogP) is 2.11. The summed E-state index contributed by atoms with van der Waals surface area (Å²) in [5.74, 6) is 0.270. The Balaban J connectivity index is 2.31. The zero-order chi connectivity index (χ0) is 11.8. The van der Waals surface area contributed by atoms with Crippen LogP contribution in [0.4, 0.5) is 0 Å². The lowest BCUT2D eigenvalue weighted by Gasteiger charge is -2.46. The van der Waals surface area contributed by atoms with Crippen LogP contribution in [0, 0.1) is 11.3 Å². The topological polar surface area (TPSA) is 38.3 Å². The summed E-state index contributed by atoms with van der Waals surface area (Å²) < 4.78 is 5.38. The van der Waals surface area contributed by atoms with Crippen molar-refractivity contribution < 1.29 is 9.53 Å². The fraction of sp³-hybridized carbons (Fsp3) is 0.923. The van der Waals surface area contributed by atoms with Crippen molar-refractivity contribution in [3.8, 4) is 0 Å². The molecular weight excluding hydrogens is 202 g/mol. The first-order chi connectivity index (χ1) is 7.56. The summed E-state index contributed by atoms with van der Waals surface area (Å²) in [7, 11) is 1.73. The fourth-order valence-corrected chi connectivity index (χ4v) is 3.61. The summed E-state index contributed by atoms with van der Waals surface area (Å²) in [5.41, 5.74) is -0.0446. The minimum Gasteiger partial charge on any atom is -0.384 e. The highest BCUT2D eigenvalue weighted by Crippen LogP contribution is 2.51. The van der Waals surface area contributed by atoms with Gasteiger partial charge in [-0.1, -0.05) is 33.1 Å². The highest BCUT2D eigenvalue weighted by molar-refractivity contribution is 5.83. The lowest BCUT2D eigenvalue weighted by Crippen LogP contribution is -2.54. The summed E-state index contributed by atoms with van der Waals surface area (Å²) in [6.45, 7) is 4.93. The number of nitrogens with one attached hydrogen (secondary N) is 1. The van der Waals surface area contributed by atoms with E-state index in [1.54, 1.807) is 7.11 Å². The average molecular weight is 225 g/mol. The minimum absolute atomic E-state index is 0.00222. The second kappa shape index (κ2) is 4.02. The van der Waals surface area contributed by atoms with Crippen LogP contribution in [-0.4, -0.2) is 25.2 Å². The highest BCUT2D eigenvalue weighted by Gasteiger charge is 2.59. The quantitative estimate of drug-likeness (QED) is 0.781. The molecule has 3 nitrogen and oxygen atoms in total. The van der Waals surface area contributed by atoms with Gasteiger partial charge in [-0.3, -0.25) is 4.79 Å². The molecule has 2 fully saturated rings. The van der Waals surface area contributed by atoms with Crippen LogP contribution < -0.4 is 5.32 Å². The molecule has 3 heteroatoms. The van der Waals surface area contributed by atoms with Crippen LogP contribution in [0.25, 0.3) is 0 Å². The van der Waals surface area contributed by atoms with E-state index < -0.39 is 0 Å². The zero-order valence-corrected chi connectivity index (χ0v) is 10.6. The van der Waals surface area contributed by atoms with Gasteiger partial charge >= 0.3 is 0 Å². The number of ether oxygens (including phenoxy) is 1. The van der Waals surface area contributed by atoms with E-state index in [2.05, 4.69) is 12.2 Å². The van der Waals surface area contributed by atoms with E-state index >= 15 is 0 Å². The molecule has 2 unspecified atom stereocenters. The van der Waals surface area contributed by atoms with Crippen LogP contribution in [0.3, 0.4) is 0 Å². The monoisotopic (exact) mass is 225 g/mol. The number of carbonyl (C=O) groups excluding carboxylic acids is 1. The Morgan fingerprint density at radius 1 is 1.38 bits per heavy atom. The molecule has 16 heavy (non-hydrogen) atoms. The maximum atomic E-state index is 12.0. The molecule has 1 amide bonds. The molecule has 0 aromatic rings. The van der Waals surface area contributed by atoms with Crippen LogP contribution in [0.2, 0.25) is 0 Å². The van der Waals surface area contributed by atoms with E-state index in [1.165, 1.54) is 19.3 Å². The van der Waals surface area contributed by atoms with Gasteiger partial charge in [-0.15, -0.1) is 0 Å². The van der Waals surface area contributed by atoms with E-state index in [-0.39, 0.29) is 22.8 Å². The third kappa shape index (κ3) is 1.48. The predicted molar refractivity (Wildman–Crippen MR) is 63.1 cm³/mol. The summed E-state index contributed by atoms with van der Waals surface area (Å²) >= 11 is 0. The second-order valence-electron chi connectivity index (χ2n) is 5.70. The third-order valence-electron chi connectivity index (χ3n) is 4.96. The van der Waals surface area contributed by atoms with Crippen molar-refractivity contribution in [1.82, 2.24) is 5.32 Å². The van der Waals surface area contributed by atoms with Gasteiger partial charge in [0.1, 0.15) is 0 Å². The molecule has 0 radical (unpaired) electrons. The Morgan fingerprint density at radius 2 is 2.00 bits per heavy atom. The van der Waals surface area contributed by atoms with E-state index in [1.807, 2.05) is 6.92 Å². The highest BCUT2D eigenvalue weighted by atomic mass is 16.5. The van der Waals surface area contributed by atoms with Gasteiger partial charge in [-0.2, -0.15) is 0 Å². The second-order valence-corrected chi connectivity index (χ2v) is 5.70. The first-order valence-electron chi connectivity index (χ1n) is 6.37. The van der Waals surface area contributed by atoms with Crippen LogP contribution in [0.5, 0.6) is 0 Å². The van der Waals surface area contributed by atoms with Gasteiger partial charge in [-0.25, -0.2) is 0 Å². The van der Waals surface area contributed by atoms with Crippen molar-refractivity contribution >= 4 is 5.91 Å². The third-order valence-corrected chi connectivity index (χ3v) is 4.96. The lowest BCUT2D eigenvalue weighted by molar-refractivity contribution is -0.123. The molecular formula is C13H23NO2. The van der Waals surface area contributed by atoms with Gasteiger partial charge in [0.25, 0.3) is 0 Å². The average Bonchev–Trinajstić information content (AvgIpc) is 2.44. The maximum Gasteiger partial charge on any atom is 0.224 e. The SMILES string of the molecule is COCC1(C)C(C)C(=O)NC12CCCCC2. The zero-order valence-electron chi connectivity index (χ0n) is 10.6. The summed E-state index contributed by atoms with van der Waals surface area (Å²) in [6, 6.07) is 0. The summed E-state index contributed by atoms with van der Waals surface area (Å²) in [6.07, 6.45) is 5.99. The number of amides is 1. The van der Waals surface area contributed by atoms with Gasteiger partial charge < -0.3 is 10.1 Å². The van der Waals surface area contributed by atoms with Crippen LogP contribution >= 0.6 is 0 Å². The van der Waals surface area contributed by atoms with E-state index in [0.29, 0.717) is 6.61 Å². The van der Waals surface area contributed by atoms with Crippen molar-refractivity contribution in [2.75, 3.05) is 13.7 Å². The van der Waals surface area contributed by atoms with Gasteiger partial charge in [0.05, 0.1) is 6.61 Å². The van der Waals surface area contributed by atoms with Gasteiger partial charge in [0.15, 0.2) is 0 Å². The van der Waals surface area contributed by atoms with Gasteiger partial charge in [0.2, 0.25) is 5.91 Å². The molecule has 1 heterocycles. The smallest absolute Gasteiger partial charge is 0.224 e. The largest absolute Gasteiger partial charge is 0.384 e. The Bertz CT molecular complexity index is 281. The first-order valence-corrected chi connectivity index (χ1v) is 6.37. The van der Waals surface area contributed by atoms with E-state index in [4.69, 9.17) is 4.74 Å². The molecule has 2 aliphatic rings. The van der Waals surface area contributed by atoms with Crippen LogP contribution in [-0.2, 0) is 9.53 Å². The Kier molecular flexibility index (Phi) is 2.99. The van der Waals surface area contributed by atoms with E-state index in [9.17, 15) is 4.79 Å². The Morgan fingerprint density at radius 3 is 2.56 bits per heavy atom.